The number of hydrogen-bond donors (Lipinski definition) is 1. The highest BCUT2D eigenvalue weighted by Crippen LogP contribution is 2.25. The predicted molar refractivity (Wildman–Crippen MR) is 55.7 cm³/mol. The van der Waals surface area contributed by atoms with Crippen molar-refractivity contribution < 1.29 is 4.42 Å². The van der Waals surface area contributed by atoms with Crippen LogP contribution < -0.4 is 5.73 Å². The second-order valence-electron chi connectivity index (χ2n) is 4.13. The van der Waals surface area contributed by atoms with Crippen molar-refractivity contribution in [3.05, 3.63) is 23.7 Å². The van der Waals surface area contributed by atoms with E-state index < -0.39 is 0 Å². The minimum atomic E-state index is 0.566. The van der Waals surface area contributed by atoms with E-state index in [1.54, 1.807) is 6.26 Å². The molecule has 3 nitrogen and oxygen atoms in total. The van der Waals surface area contributed by atoms with E-state index in [0.717, 1.165) is 23.9 Å². The summed E-state index contributed by atoms with van der Waals surface area (Å²) in [7, 11) is 2.16. The van der Waals surface area contributed by atoms with Crippen molar-refractivity contribution in [2.24, 2.45) is 5.73 Å². The molecule has 2 N–H and O–H groups in total. The number of rotatable bonds is 4. The lowest BCUT2D eigenvalue weighted by Crippen LogP contribution is -2.36. The van der Waals surface area contributed by atoms with Crippen LogP contribution in [0, 0.1) is 0 Å². The summed E-state index contributed by atoms with van der Waals surface area (Å²) in [5.41, 5.74) is 6.60. The summed E-state index contributed by atoms with van der Waals surface area (Å²) in [6.45, 7) is 1.47. The fraction of sp³-hybridized carbons (Fsp3) is 0.636. The fourth-order valence-electron chi connectivity index (χ4n) is 1.82. The lowest BCUT2D eigenvalue weighted by molar-refractivity contribution is 0.143. The van der Waals surface area contributed by atoms with Gasteiger partial charge in [0, 0.05) is 18.2 Å². The standard InChI is InChI=1S/C11H18N2O/c1-13(10-3-2-4-10)7-11-5-9(6-12)8-14-11/h5,8,10H,2-4,6-7,12H2,1H3. The van der Waals surface area contributed by atoms with Gasteiger partial charge < -0.3 is 10.2 Å². The quantitative estimate of drug-likeness (QED) is 0.793. The summed E-state index contributed by atoms with van der Waals surface area (Å²) in [6.07, 6.45) is 5.80. The van der Waals surface area contributed by atoms with Gasteiger partial charge in [-0.3, -0.25) is 4.90 Å². The Morgan fingerprint density at radius 2 is 2.36 bits per heavy atom. The number of nitrogens with two attached hydrogens (primary N) is 1. The summed E-state index contributed by atoms with van der Waals surface area (Å²) in [4.78, 5) is 2.36. The normalized spacial score (nSPS) is 17.4. The fourth-order valence-corrected chi connectivity index (χ4v) is 1.82. The lowest BCUT2D eigenvalue weighted by atomic mass is 9.92. The van der Waals surface area contributed by atoms with Crippen LogP contribution in [0.3, 0.4) is 0 Å². The maximum atomic E-state index is 5.52. The molecule has 0 atom stereocenters. The van der Waals surface area contributed by atoms with Gasteiger partial charge in [-0.05, 0) is 26.0 Å². The Bertz CT molecular complexity index is 291. The number of hydrogen-bond acceptors (Lipinski definition) is 3. The Hall–Kier alpha value is -0.800. The van der Waals surface area contributed by atoms with E-state index in [1.165, 1.54) is 19.3 Å². The second kappa shape index (κ2) is 4.15. The molecule has 0 aliphatic heterocycles. The van der Waals surface area contributed by atoms with Crippen molar-refractivity contribution >= 4 is 0 Å². The van der Waals surface area contributed by atoms with E-state index >= 15 is 0 Å². The van der Waals surface area contributed by atoms with Crippen LogP contribution in [0.1, 0.15) is 30.6 Å². The van der Waals surface area contributed by atoms with E-state index in [4.69, 9.17) is 10.2 Å². The van der Waals surface area contributed by atoms with E-state index in [0.29, 0.717) is 6.54 Å². The molecule has 1 aromatic heterocycles. The minimum absolute atomic E-state index is 0.566. The first-order valence-electron chi connectivity index (χ1n) is 5.26. The van der Waals surface area contributed by atoms with Crippen molar-refractivity contribution in [2.75, 3.05) is 7.05 Å². The highest BCUT2D eigenvalue weighted by Gasteiger charge is 2.22. The molecular formula is C11H18N2O. The van der Waals surface area contributed by atoms with Gasteiger partial charge in [0.25, 0.3) is 0 Å². The zero-order valence-corrected chi connectivity index (χ0v) is 8.70. The van der Waals surface area contributed by atoms with E-state index in [9.17, 15) is 0 Å². The first-order valence-corrected chi connectivity index (χ1v) is 5.26. The lowest BCUT2D eigenvalue weighted by Gasteiger charge is -2.34. The van der Waals surface area contributed by atoms with Gasteiger partial charge in [0.1, 0.15) is 5.76 Å². The molecule has 0 saturated heterocycles. The highest BCUT2D eigenvalue weighted by molar-refractivity contribution is 5.12. The van der Waals surface area contributed by atoms with Crippen molar-refractivity contribution in [3.63, 3.8) is 0 Å². The summed E-state index contributed by atoms with van der Waals surface area (Å²) in [5.74, 6) is 1.03. The topological polar surface area (TPSA) is 42.4 Å². The third kappa shape index (κ3) is 1.99. The smallest absolute Gasteiger partial charge is 0.118 e. The van der Waals surface area contributed by atoms with Gasteiger partial charge in [0.2, 0.25) is 0 Å². The van der Waals surface area contributed by atoms with Gasteiger partial charge in [-0.1, -0.05) is 6.42 Å². The minimum Gasteiger partial charge on any atom is -0.468 e. The Labute approximate surface area is 84.9 Å². The molecular weight excluding hydrogens is 176 g/mol. The van der Waals surface area contributed by atoms with Gasteiger partial charge in [-0.2, -0.15) is 0 Å². The summed E-state index contributed by atoms with van der Waals surface area (Å²) in [5, 5.41) is 0. The maximum absolute atomic E-state index is 5.52. The third-order valence-corrected chi connectivity index (χ3v) is 3.05. The molecule has 2 rings (SSSR count). The van der Waals surface area contributed by atoms with E-state index in [-0.39, 0.29) is 0 Å². The Kier molecular flexibility index (Phi) is 2.89. The molecule has 1 fully saturated rings. The molecule has 1 aliphatic carbocycles. The molecule has 1 aliphatic rings. The predicted octanol–water partition coefficient (Wildman–Crippen LogP) is 1.72. The second-order valence-corrected chi connectivity index (χ2v) is 4.13. The van der Waals surface area contributed by atoms with Crippen LogP contribution in [0.5, 0.6) is 0 Å². The van der Waals surface area contributed by atoms with Crippen molar-refractivity contribution in [1.82, 2.24) is 4.90 Å². The van der Waals surface area contributed by atoms with Crippen LogP contribution in [-0.4, -0.2) is 18.0 Å². The maximum Gasteiger partial charge on any atom is 0.118 e. The molecule has 0 amide bonds. The van der Waals surface area contributed by atoms with Crippen LogP contribution in [0.4, 0.5) is 0 Å². The van der Waals surface area contributed by atoms with E-state index in [1.807, 2.05) is 0 Å². The largest absolute Gasteiger partial charge is 0.468 e. The summed E-state index contributed by atoms with van der Waals surface area (Å²) in [6, 6.07) is 2.82. The third-order valence-electron chi connectivity index (χ3n) is 3.05. The molecule has 78 valence electrons. The van der Waals surface area contributed by atoms with Crippen LogP contribution in [-0.2, 0) is 13.1 Å². The molecule has 1 saturated carbocycles. The monoisotopic (exact) mass is 194 g/mol. The molecule has 0 spiro atoms. The van der Waals surface area contributed by atoms with Gasteiger partial charge in [-0.25, -0.2) is 0 Å². The van der Waals surface area contributed by atoms with Gasteiger partial charge in [0.15, 0.2) is 0 Å². The average molecular weight is 194 g/mol. The zero-order valence-electron chi connectivity index (χ0n) is 8.70. The molecule has 14 heavy (non-hydrogen) atoms. The van der Waals surface area contributed by atoms with Crippen molar-refractivity contribution in [3.8, 4) is 0 Å². The molecule has 0 radical (unpaired) electrons. The van der Waals surface area contributed by atoms with Crippen molar-refractivity contribution in [1.29, 1.82) is 0 Å². The van der Waals surface area contributed by atoms with E-state index in [2.05, 4.69) is 18.0 Å². The Morgan fingerprint density at radius 1 is 1.57 bits per heavy atom. The van der Waals surface area contributed by atoms with Gasteiger partial charge >= 0.3 is 0 Å². The number of furan rings is 1. The highest BCUT2D eigenvalue weighted by atomic mass is 16.3. The SMILES string of the molecule is CN(Cc1cc(CN)co1)C1CCC1. The first kappa shape index (κ1) is 9.74. The Balaban J connectivity index is 1.89. The molecule has 1 heterocycles. The Morgan fingerprint density at radius 3 is 2.86 bits per heavy atom. The summed E-state index contributed by atoms with van der Waals surface area (Å²) >= 11 is 0. The summed E-state index contributed by atoms with van der Waals surface area (Å²) < 4.78 is 5.42. The molecule has 1 aromatic rings. The molecule has 3 heteroatoms. The van der Waals surface area contributed by atoms with Crippen molar-refractivity contribution in [2.45, 2.75) is 38.4 Å². The van der Waals surface area contributed by atoms with Gasteiger partial charge in [-0.15, -0.1) is 0 Å². The zero-order chi connectivity index (χ0) is 9.97. The molecule has 0 aromatic carbocycles. The average Bonchev–Trinajstić information content (AvgIpc) is 2.48. The van der Waals surface area contributed by atoms with Gasteiger partial charge in [0.05, 0.1) is 12.8 Å². The molecule has 0 bridgehead atoms. The number of nitrogens with zero attached hydrogens (tertiary/aromatic N) is 1. The molecule has 0 unspecified atom stereocenters. The first-order chi connectivity index (χ1) is 6.79. The van der Waals surface area contributed by atoms with Crippen LogP contribution in [0.15, 0.2) is 16.7 Å². The van der Waals surface area contributed by atoms with Crippen LogP contribution in [0.2, 0.25) is 0 Å². The van der Waals surface area contributed by atoms with Crippen LogP contribution >= 0.6 is 0 Å². The van der Waals surface area contributed by atoms with Crippen LogP contribution in [0.25, 0.3) is 0 Å².